The third-order valence-electron chi connectivity index (χ3n) is 5.47. The number of methoxy groups -OCH3 is 1. The van der Waals surface area contributed by atoms with E-state index in [9.17, 15) is 18.3 Å². The first-order valence-corrected chi connectivity index (χ1v) is 8.57. The average Bonchev–Trinajstić information content (AvgIpc) is 3.07. The number of hydrogen-bond acceptors (Lipinski definition) is 5. The first kappa shape index (κ1) is 17.9. The zero-order valence-corrected chi connectivity index (χ0v) is 14.7. The monoisotopic (exact) mass is 380 g/mol. The molecule has 5 nitrogen and oxygen atoms in total. The molecule has 0 amide bonds. The van der Waals surface area contributed by atoms with Crippen LogP contribution in [0.15, 0.2) is 36.5 Å². The van der Waals surface area contributed by atoms with Gasteiger partial charge in [0.2, 0.25) is 0 Å². The van der Waals surface area contributed by atoms with E-state index in [0.29, 0.717) is 18.0 Å². The molecule has 4 rings (SSSR count). The summed E-state index contributed by atoms with van der Waals surface area (Å²) in [5, 5.41) is 10.1. The minimum atomic E-state index is -4.49. The molecule has 2 aliphatic heterocycles. The minimum absolute atomic E-state index is 0.109. The smallest absolute Gasteiger partial charge is 0.419 e. The van der Waals surface area contributed by atoms with Crippen LogP contribution in [0.25, 0.3) is 0 Å². The lowest BCUT2D eigenvalue weighted by atomic mass is 9.74. The molecule has 1 N–H and O–H groups in total. The molecule has 0 spiro atoms. The fourth-order valence-electron chi connectivity index (χ4n) is 4.06. The van der Waals surface area contributed by atoms with Crippen molar-refractivity contribution in [2.75, 3.05) is 38.3 Å². The number of nitrogens with zero attached hydrogens (tertiary/aromatic N) is 2. The maximum Gasteiger partial charge on any atom is 0.419 e. The summed E-state index contributed by atoms with van der Waals surface area (Å²) < 4.78 is 51.3. The Hall–Kier alpha value is -2.48. The number of fused-ring (bicyclic) bond motifs is 3. The van der Waals surface area contributed by atoms with Crippen LogP contribution in [0.5, 0.6) is 11.5 Å². The Balaban J connectivity index is 1.74. The third-order valence-corrected chi connectivity index (χ3v) is 5.47. The van der Waals surface area contributed by atoms with Crippen LogP contribution in [-0.2, 0) is 6.18 Å². The van der Waals surface area contributed by atoms with Gasteiger partial charge >= 0.3 is 6.18 Å². The van der Waals surface area contributed by atoms with Crippen molar-refractivity contribution >= 4 is 5.82 Å². The van der Waals surface area contributed by atoms with Gasteiger partial charge in [-0.15, -0.1) is 0 Å². The van der Waals surface area contributed by atoms with Crippen LogP contribution >= 0.6 is 0 Å². The minimum Gasteiger partial charge on any atom is -0.497 e. The van der Waals surface area contributed by atoms with Crippen LogP contribution < -0.4 is 14.4 Å². The molecule has 1 aromatic carbocycles. The summed E-state index contributed by atoms with van der Waals surface area (Å²) in [6.07, 6.45) is -3.14. The van der Waals surface area contributed by atoms with Crippen LogP contribution in [0.2, 0.25) is 0 Å². The highest BCUT2D eigenvalue weighted by Gasteiger charge is 2.52. The van der Waals surface area contributed by atoms with Gasteiger partial charge in [0.1, 0.15) is 17.3 Å². The van der Waals surface area contributed by atoms with Crippen molar-refractivity contribution in [3.05, 3.63) is 47.7 Å². The molecule has 0 unspecified atom stereocenters. The zero-order chi connectivity index (χ0) is 19.2. The Morgan fingerprint density at radius 1 is 1.37 bits per heavy atom. The van der Waals surface area contributed by atoms with Gasteiger partial charge in [0.05, 0.1) is 31.3 Å². The summed E-state index contributed by atoms with van der Waals surface area (Å²) in [5.74, 6) is 1.01. The zero-order valence-electron chi connectivity index (χ0n) is 14.7. The average molecular weight is 380 g/mol. The van der Waals surface area contributed by atoms with Crippen molar-refractivity contribution in [1.82, 2.24) is 4.98 Å². The molecule has 3 heterocycles. The summed E-state index contributed by atoms with van der Waals surface area (Å²) in [6, 6.07) is 7.73. The maximum atomic E-state index is 13.4. The lowest BCUT2D eigenvalue weighted by Gasteiger charge is -2.37. The number of hydrogen-bond donors (Lipinski definition) is 1. The number of ether oxygens (including phenoxy) is 2. The van der Waals surface area contributed by atoms with Gasteiger partial charge in [0.25, 0.3) is 0 Å². The van der Waals surface area contributed by atoms with E-state index in [1.165, 1.54) is 12.3 Å². The third kappa shape index (κ3) is 2.88. The normalized spacial score (nSPS) is 24.2. The van der Waals surface area contributed by atoms with Crippen LogP contribution in [-0.4, -0.2) is 43.5 Å². The standard InChI is InChI=1S/C19H19F3N2O3/c1-26-12-4-5-13-15-8-24(9-18(15,10-25)11-27-16(13)7-12)17-14(19(20,21)22)3-2-6-23-17/h2-7,15,25H,8-11H2,1H3/t15-,18-/m1/s1. The molecule has 2 atom stereocenters. The summed E-state index contributed by atoms with van der Waals surface area (Å²) >= 11 is 0. The molecule has 2 aromatic rings. The van der Waals surface area contributed by atoms with Gasteiger partial charge in [0, 0.05) is 36.8 Å². The molecule has 27 heavy (non-hydrogen) atoms. The Labute approximate surface area is 154 Å². The molecule has 2 aliphatic rings. The van der Waals surface area contributed by atoms with Crippen molar-refractivity contribution in [3.63, 3.8) is 0 Å². The maximum absolute atomic E-state index is 13.4. The molecule has 1 aromatic heterocycles. The van der Waals surface area contributed by atoms with E-state index >= 15 is 0 Å². The number of alkyl halides is 3. The Kier molecular flexibility index (Phi) is 4.18. The molecule has 0 radical (unpaired) electrons. The van der Waals surface area contributed by atoms with Crippen molar-refractivity contribution in [3.8, 4) is 11.5 Å². The second-order valence-electron chi connectivity index (χ2n) is 7.02. The highest BCUT2D eigenvalue weighted by molar-refractivity contribution is 5.54. The SMILES string of the molecule is COc1ccc2c(c1)OC[C@]1(CO)CN(c3ncccc3C(F)(F)F)C[C@H]21. The first-order valence-electron chi connectivity index (χ1n) is 8.57. The number of anilines is 1. The predicted molar refractivity (Wildman–Crippen MR) is 92.2 cm³/mol. The van der Waals surface area contributed by atoms with Crippen LogP contribution in [0.3, 0.4) is 0 Å². The van der Waals surface area contributed by atoms with Crippen LogP contribution in [0.1, 0.15) is 17.0 Å². The molecule has 1 saturated heterocycles. The summed E-state index contributed by atoms with van der Waals surface area (Å²) in [7, 11) is 1.56. The van der Waals surface area contributed by atoms with Gasteiger partial charge in [-0.2, -0.15) is 13.2 Å². The highest BCUT2D eigenvalue weighted by atomic mass is 19.4. The van der Waals surface area contributed by atoms with Crippen molar-refractivity contribution < 1.29 is 27.8 Å². The second-order valence-corrected chi connectivity index (χ2v) is 7.02. The van der Waals surface area contributed by atoms with Gasteiger partial charge in [-0.3, -0.25) is 0 Å². The fourth-order valence-corrected chi connectivity index (χ4v) is 4.06. The fraction of sp³-hybridized carbons (Fsp3) is 0.421. The highest BCUT2D eigenvalue weighted by Crippen LogP contribution is 2.51. The molecule has 1 fully saturated rings. The molecule has 8 heteroatoms. The molecular weight excluding hydrogens is 361 g/mol. The van der Waals surface area contributed by atoms with Crippen molar-refractivity contribution in [1.29, 1.82) is 0 Å². The van der Waals surface area contributed by atoms with Gasteiger partial charge < -0.3 is 19.5 Å². The lowest BCUT2D eigenvalue weighted by Crippen LogP contribution is -2.42. The number of halogens is 3. The van der Waals surface area contributed by atoms with E-state index in [-0.39, 0.29) is 31.5 Å². The Morgan fingerprint density at radius 3 is 2.89 bits per heavy atom. The second kappa shape index (κ2) is 6.30. The largest absolute Gasteiger partial charge is 0.497 e. The molecule has 0 aliphatic carbocycles. The van der Waals surface area contributed by atoms with Crippen LogP contribution in [0.4, 0.5) is 19.0 Å². The van der Waals surface area contributed by atoms with E-state index in [4.69, 9.17) is 9.47 Å². The van der Waals surface area contributed by atoms with Gasteiger partial charge in [0.15, 0.2) is 0 Å². The van der Waals surface area contributed by atoms with E-state index in [2.05, 4.69) is 4.98 Å². The topological polar surface area (TPSA) is 54.8 Å². The summed E-state index contributed by atoms with van der Waals surface area (Å²) in [5.41, 5.74) is -0.585. The van der Waals surface area contributed by atoms with E-state index in [1.54, 1.807) is 24.1 Å². The first-order chi connectivity index (χ1) is 12.9. The number of pyridine rings is 1. The molecule has 144 valence electrons. The lowest BCUT2D eigenvalue weighted by molar-refractivity contribution is -0.137. The number of aliphatic hydroxyl groups excluding tert-OH is 1. The molecular formula is C19H19F3N2O3. The van der Waals surface area contributed by atoms with E-state index in [0.717, 1.165) is 11.6 Å². The summed E-state index contributed by atoms with van der Waals surface area (Å²) in [6.45, 7) is 0.593. The molecule has 0 saturated carbocycles. The number of benzene rings is 1. The quantitative estimate of drug-likeness (QED) is 0.887. The van der Waals surface area contributed by atoms with Crippen LogP contribution in [0, 0.1) is 5.41 Å². The number of rotatable bonds is 3. The van der Waals surface area contributed by atoms with Crippen molar-refractivity contribution in [2.45, 2.75) is 12.1 Å². The van der Waals surface area contributed by atoms with E-state index < -0.39 is 17.2 Å². The van der Waals surface area contributed by atoms with Gasteiger partial charge in [-0.05, 0) is 18.2 Å². The Bertz CT molecular complexity index is 858. The van der Waals surface area contributed by atoms with Gasteiger partial charge in [-0.1, -0.05) is 6.07 Å². The summed E-state index contributed by atoms with van der Waals surface area (Å²) in [4.78, 5) is 5.60. The molecule has 0 bridgehead atoms. The van der Waals surface area contributed by atoms with Gasteiger partial charge in [-0.25, -0.2) is 4.98 Å². The number of aliphatic hydroxyl groups is 1. The Morgan fingerprint density at radius 2 is 2.19 bits per heavy atom. The number of aromatic nitrogens is 1. The van der Waals surface area contributed by atoms with E-state index in [1.807, 2.05) is 6.07 Å². The predicted octanol–water partition coefficient (Wildman–Crippen LogP) is 3.08. The van der Waals surface area contributed by atoms with Crippen molar-refractivity contribution in [2.24, 2.45) is 5.41 Å².